The van der Waals surface area contributed by atoms with E-state index in [2.05, 4.69) is 20.9 Å². The Morgan fingerprint density at radius 2 is 2.04 bits per heavy atom. The number of hydrogen-bond donors (Lipinski definition) is 3. The van der Waals surface area contributed by atoms with Crippen molar-refractivity contribution >= 4 is 35.8 Å². The maximum Gasteiger partial charge on any atom is 0.257 e. The molecule has 0 saturated carbocycles. The number of aliphatic imine (C=N–C) groups is 1. The largest absolute Gasteiger partial charge is 0.484 e. The zero-order chi connectivity index (χ0) is 17.6. The van der Waals surface area contributed by atoms with E-state index in [1.54, 1.807) is 14.2 Å². The molecule has 1 aromatic carbocycles. The molecule has 1 amide bonds. The van der Waals surface area contributed by atoms with Gasteiger partial charge in [0.1, 0.15) is 5.75 Å². The van der Waals surface area contributed by atoms with E-state index >= 15 is 0 Å². The third-order valence-electron chi connectivity index (χ3n) is 3.14. The van der Waals surface area contributed by atoms with E-state index in [-0.39, 0.29) is 36.5 Å². The highest BCUT2D eigenvalue weighted by atomic mass is 127. The number of carbonyl (C=O) groups excluding carboxylic acids is 1. The standard InChI is InChI=1S/C17H28N4O3.HI/c1-4-19-16(22)13-24-15-8-5-7-14(11-15)12-21-17(18-2)20-9-6-10-23-3;/h5,7-8,11H,4,6,9-10,12-13H2,1-3H3,(H,19,22)(H2,18,20,21);1H. The molecule has 0 radical (unpaired) electrons. The fraction of sp³-hybridized carbons (Fsp3) is 0.529. The third kappa shape index (κ3) is 10.8. The molecule has 0 aromatic heterocycles. The van der Waals surface area contributed by atoms with Crippen LogP contribution in [0.15, 0.2) is 29.3 Å². The molecule has 0 atom stereocenters. The molecule has 0 heterocycles. The number of carbonyl (C=O) groups is 1. The molecule has 7 nitrogen and oxygen atoms in total. The molecule has 0 aliphatic rings. The molecule has 0 aliphatic carbocycles. The highest BCUT2D eigenvalue weighted by molar-refractivity contribution is 14.0. The number of benzene rings is 1. The summed E-state index contributed by atoms with van der Waals surface area (Å²) in [6.45, 7) is 4.62. The first-order chi connectivity index (χ1) is 11.7. The number of nitrogens with zero attached hydrogens (tertiary/aromatic N) is 1. The van der Waals surface area contributed by atoms with Crippen molar-refractivity contribution in [3.05, 3.63) is 29.8 Å². The van der Waals surface area contributed by atoms with E-state index in [1.807, 2.05) is 31.2 Å². The van der Waals surface area contributed by atoms with Crippen LogP contribution < -0.4 is 20.7 Å². The lowest BCUT2D eigenvalue weighted by molar-refractivity contribution is -0.122. The van der Waals surface area contributed by atoms with Crippen LogP contribution in [0.1, 0.15) is 18.9 Å². The number of methoxy groups -OCH3 is 1. The van der Waals surface area contributed by atoms with Crippen LogP contribution in [0, 0.1) is 0 Å². The molecule has 142 valence electrons. The second kappa shape index (κ2) is 14.8. The molecule has 0 aliphatic heterocycles. The minimum atomic E-state index is -0.123. The van der Waals surface area contributed by atoms with Crippen LogP contribution in [0.25, 0.3) is 0 Å². The molecular formula is C17H29IN4O3. The summed E-state index contributed by atoms with van der Waals surface area (Å²) in [6.07, 6.45) is 0.917. The fourth-order valence-electron chi connectivity index (χ4n) is 1.97. The van der Waals surface area contributed by atoms with Gasteiger partial charge in [0.15, 0.2) is 12.6 Å². The molecule has 0 unspecified atom stereocenters. The number of guanidine groups is 1. The molecule has 0 bridgehead atoms. The van der Waals surface area contributed by atoms with Gasteiger partial charge in [-0.15, -0.1) is 24.0 Å². The number of ether oxygens (including phenoxy) is 2. The quantitative estimate of drug-likeness (QED) is 0.212. The first-order valence-electron chi connectivity index (χ1n) is 8.11. The van der Waals surface area contributed by atoms with Gasteiger partial charge in [-0.3, -0.25) is 9.79 Å². The number of rotatable bonds is 10. The Bertz CT molecular complexity index is 526. The smallest absolute Gasteiger partial charge is 0.257 e. The Morgan fingerprint density at radius 1 is 1.24 bits per heavy atom. The molecule has 3 N–H and O–H groups in total. The Hall–Kier alpha value is -1.55. The molecule has 8 heteroatoms. The molecule has 1 aromatic rings. The van der Waals surface area contributed by atoms with Gasteiger partial charge >= 0.3 is 0 Å². The first kappa shape index (κ1) is 23.4. The van der Waals surface area contributed by atoms with Crippen LogP contribution >= 0.6 is 24.0 Å². The molecule has 0 fully saturated rings. The van der Waals surface area contributed by atoms with Crippen molar-refractivity contribution < 1.29 is 14.3 Å². The van der Waals surface area contributed by atoms with Crippen LogP contribution in [0.3, 0.4) is 0 Å². The molecule has 0 saturated heterocycles. The number of amides is 1. The number of nitrogens with one attached hydrogen (secondary N) is 3. The van der Waals surface area contributed by atoms with Crippen molar-refractivity contribution in [1.29, 1.82) is 0 Å². The third-order valence-corrected chi connectivity index (χ3v) is 3.14. The van der Waals surface area contributed by atoms with Crippen LogP contribution in [0.5, 0.6) is 5.75 Å². The molecule has 0 spiro atoms. The predicted molar refractivity (Wildman–Crippen MR) is 111 cm³/mol. The Labute approximate surface area is 167 Å². The molecular weight excluding hydrogens is 435 g/mol. The zero-order valence-corrected chi connectivity index (χ0v) is 17.5. The van der Waals surface area contributed by atoms with Crippen LogP contribution in [-0.2, 0) is 16.1 Å². The first-order valence-corrected chi connectivity index (χ1v) is 8.11. The molecule has 1 rings (SSSR count). The minimum Gasteiger partial charge on any atom is -0.484 e. The van der Waals surface area contributed by atoms with Gasteiger partial charge in [-0.2, -0.15) is 0 Å². The van der Waals surface area contributed by atoms with Crippen molar-refractivity contribution in [2.75, 3.05) is 40.5 Å². The summed E-state index contributed by atoms with van der Waals surface area (Å²) in [5, 5.41) is 9.15. The van der Waals surface area contributed by atoms with Crippen molar-refractivity contribution in [2.24, 2.45) is 4.99 Å². The zero-order valence-electron chi connectivity index (χ0n) is 15.1. The Morgan fingerprint density at radius 3 is 2.72 bits per heavy atom. The van der Waals surface area contributed by atoms with E-state index in [0.717, 1.165) is 31.1 Å². The summed E-state index contributed by atoms with van der Waals surface area (Å²) < 4.78 is 10.5. The average Bonchev–Trinajstić information content (AvgIpc) is 2.60. The van der Waals surface area contributed by atoms with Gasteiger partial charge < -0.3 is 25.4 Å². The van der Waals surface area contributed by atoms with E-state index in [0.29, 0.717) is 18.8 Å². The predicted octanol–water partition coefficient (Wildman–Crippen LogP) is 1.52. The monoisotopic (exact) mass is 464 g/mol. The van der Waals surface area contributed by atoms with Crippen molar-refractivity contribution in [1.82, 2.24) is 16.0 Å². The lowest BCUT2D eigenvalue weighted by Crippen LogP contribution is -2.37. The van der Waals surface area contributed by atoms with Crippen LogP contribution in [0.4, 0.5) is 0 Å². The summed E-state index contributed by atoms with van der Waals surface area (Å²) in [4.78, 5) is 15.6. The van der Waals surface area contributed by atoms with Crippen molar-refractivity contribution in [3.63, 3.8) is 0 Å². The molecule has 25 heavy (non-hydrogen) atoms. The van der Waals surface area contributed by atoms with E-state index in [9.17, 15) is 4.79 Å². The van der Waals surface area contributed by atoms with Crippen molar-refractivity contribution in [3.8, 4) is 5.75 Å². The van der Waals surface area contributed by atoms with E-state index < -0.39 is 0 Å². The van der Waals surface area contributed by atoms with Gasteiger partial charge in [0, 0.05) is 40.4 Å². The highest BCUT2D eigenvalue weighted by Crippen LogP contribution is 2.13. The number of hydrogen-bond acceptors (Lipinski definition) is 4. The lowest BCUT2D eigenvalue weighted by Gasteiger charge is -2.12. The summed E-state index contributed by atoms with van der Waals surface area (Å²) in [5.41, 5.74) is 1.04. The lowest BCUT2D eigenvalue weighted by atomic mass is 10.2. The van der Waals surface area contributed by atoms with E-state index in [1.165, 1.54) is 0 Å². The average molecular weight is 464 g/mol. The van der Waals surface area contributed by atoms with Gasteiger partial charge in [-0.05, 0) is 31.0 Å². The van der Waals surface area contributed by atoms with Gasteiger partial charge in [-0.25, -0.2) is 0 Å². The van der Waals surface area contributed by atoms with Gasteiger partial charge in [0.2, 0.25) is 0 Å². The van der Waals surface area contributed by atoms with Gasteiger partial charge in [0.25, 0.3) is 5.91 Å². The number of likely N-dealkylation sites (N-methyl/N-ethyl adjacent to an activating group) is 1. The summed E-state index contributed by atoms with van der Waals surface area (Å²) in [7, 11) is 3.42. The second-order valence-electron chi connectivity index (χ2n) is 5.09. The fourth-order valence-corrected chi connectivity index (χ4v) is 1.97. The summed E-state index contributed by atoms with van der Waals surface area (Å²) in [5.74, 6) is 1.28. The highest BCUT2D eigenvalue weighted by Gasteiger charge is 2.03. The number of halogens is 1. The second-order valence-corrected chi connectivity index (χ2v) is 5.09. The Balaban J connectivity index is 0.00000576. The Kier molecular flexibility index (Phi) is 13.8. The van der Waals surface area contributed by atoms with Crippen LogP contribution in [-0.4, -0.2) is 52.3 Å². The normalized spacial score (nSPS) is 10.6. The summed E-state index contributed by atoms with van der Waals surface area (Å²) in [6, 6.07) is 7.63. The van der Waals surface area contributed by atoms with E-state index in [4.69, 9.17) is 9.47 Å². The summed E-state index contributed by atoms with van der Waals surface area (Å²) >= 11 is 0. The van der Waals surface area contributed by atoms with Gasteiger partial charge in [0.05, 0.1) is 0 Å². The van der Waals surface area contributed by atoms with Gasteiger partial charge in [-0.1, -0.05) is 12.1 Å². The maximum absolute atomic E-state index is 11.4. The SMILES string of the molecule is CCNC(=O)COc1cccc(CNC(=NC)NCCCOC)c1.I. The minimum absolute atomic E-state index is 0. The van der Waals surface area contributed by atoms with Crippen molar-refractivity contribution in [2.45, 2.75) is 19.9 Å². The maximum atomic E-state index is 11.4. The van der Waals surface area contributed by atoms with Crippen LogP contribution in [0.2, 0.25) is 0 Å². The topological polar surface area (TPSA) is 84.0 Å².